The molecular formula is C8H19NO. The van der Waals surface area contributed by atoms with Crippen LogP contribution in [0.25, 0.3) is 0 Å². The molecule has 0 aliphatic rings. The molecule has 10 heavy (non-hydrogen) atoms. The van der Waals surface area contributed by atoms with Crippen LogP contribution in [-0.4, -0.2) is 12.3 Å². The van der Waals surface area contributed by atoms with Gasteiger partial charge in [-0.25, -0.2) is 0 Å². The molecule has 0 heterocycles. The third kappa shape index (κ3) is 25.5. The van der Waals surface area contributed by atoms with Crippen molar-refractivity contribution in [2.45, 2.75) is 40.0 Å². The minimum Gasteiger partial charge on any atom is -0.330 e. The molecule has 0 radical (unpaired) electrons. The van der Waals surface area contributed by atoms with Crippen LogP contribution in [0.5, 0.6) is 0 Å². The summed E-state index contributed by atoms with van der Waals surface area (Å²) in [4.78, 5) is 9.81. The maximum atomic E-state index is 9.81. The number of carbonyl (C=O) groups excluding carboxylic acids is 1. The van der Waals surface area contributed by atoms with Gasteiger partial charge >= 0.3 is 0 Å². The molecule has 0 saturated carbocycles. The Hall–Kier alpha value is -0.370. The summed E-state index contributed by atoms with van der Waals surface area (Å²) in [5.41, 5.74) is 5.14. The zero-order chi connectivity index (χ0) is 8.41. The molecule has 2 nitrogen and oxygen atoms in total. The summed E-state index contributed by atoms with van der Waals surface area (Å²) in [5, 5.41) is 0. The Morgan fingerprint density at radius 1 is 1.40 bits per heavy atom. The highest BCUT2D eigenvalue weighted by Crippen LogP contribution is 1.77. The first-order valence-corrected chi connectivity index (χ1v) is 3.88. The molecule has 0 aliphatic carbocycles. The van der Waals surface area contributed by atoms with Gasteiger partial charge in [-0.3, -0.25) is 0 Å². The number of nitrogens with two attached hydrogens (primary N) is 1. The lowest BCUT2D eigenvalue weighted by atomic mass is 10.3. The highest BCUT2D eigenvalue weighted by Gasteiger charge is 1.76. The standard InChI is InChI=1S/C4H11N.C4H8O/c1-2-3-4-5;1-3-4(2)5/h2-5H2,1H3;3H2,1-2H3. The first kappa shape index (κ1) is 12.3. The van der Waals surface area contributed by atoms with E-state index in [0.717, 1.165) is 6.54 Å². The van der Waals surface area contributed by atoms with E-state index in [4.69, 9.17) is 5.73 Å². The number of hydrogen-bond donors (Lipinski definition) is 1. The number of ketones is 1. The number of hydrogen-bond acceptors (Lipinski definition) is 2. The largest absolute Gasteiger partial charge is 0.330 e. The maximum absolute atomic E-state index is 9.81. The average Bonchev–Trinajstić information content (AvgIpc) is 1.91. The van der Waals surface area contributed by atoms with Gasteiger partial charge in [-0.1, -0.05) is 20.3 Å². The fourth-order valence-corrected chi connectivity index (χ4v) is 0.204. The van der Waals surface area contributed by atoms with Crippen molar-refractivity contribution in [3.05, 3.63) is 0 Å². The van der Waals surface area contributed by atoms with E-state index in [-0.39, 0.29) is 5.78 Å². The second kappa shape index (κ2) is 11.4. The fourth-order valence-electron chi connectivity index (χ4n) is 0.204. The van der Waals surface area contributed by atoms with E-state index < -0.39 is 0 Å². The van der Waals surface area contributed by atoms with Gasteiger partial charge in [0.1, 0.15) is 5.78 Å². The summed E-state index contributed by atoms with van der Waals surface area (Å²) < 4.78 is 0. The van der Waals surface area contributed by atoms with Crippen LogP contribution in [0.15, 0.2) is 0 Å². The number of rotatable bonds is 3. The third-order valence-electron chi connectivity index (χ3n) is 1.06. The number of unbranched alkanes of at least 4 members (excludes halogenated alkanes) is 1. The van der Waals surface area contributed by atoms with Crippen molar-refractivity contribution in [2.24, 2.45) is 5.73 Å². The van der Waals surface area contributed by atoms with Gasteiger partial charge in [0.2, 0.25) is 0 Å². The molecule has 0 bridgehead atoms. The SMILES string of the molecule is CCC(C)=O.CCCCN. The summed E-state index contributed by atoms with van der Waals surface area (Å²) in [6.45, 7) is 6.41. The van der Waals surface area contributed by atoms with Gasteiger partial charge in [-0.05, 0) is 19.9 Å². The topological polar surface area (TPSA) is 43.1 Å². The van der Waals surface area contributed by atoms with Crippen LogP contribution < -0.4 is 5.73 Å². The van der Waals surface area contributed by atoms with Gasteiger partial charge in [0, 0.05) is 6.42 Å². The van der Waals surface area contributed by atoms with E-state index in [1.54, 1.807) is 6.92 Å². The summed E-state index contributed by atoms with van der Waals surface area (Å²) >= 11 is 0. The van der Waals surface area contributed by atoms with Crippen LogP contribution in [-0.2, 0) is 4.79 Å². The van der Waals surface area contributed by atoms with E-state index >= 15 is 0 Å². The minimum absolute atomic E-state index is 0.255. The zero-order valence-electron chi connectivity index (χ0n) is 7.31. The lowest BCUT2D eigenvalue weighted by molar-refractivity contribution is -0.116. The molecule has 0 amide bonds. The Bertz CT molecular complexity index is 69.7. The van der Waals surface area contributed by atoms with Crippen LogP contribution in [0.3, 0.4) is 0 Å². The second-order valence-corrected chi connectivity index (χ2v) is 2.20. The molecule has 2 N–H and O–H groups in total. The summed E-state index contributed by atoms with van der Waals surface area (Å²) in [5.74, 6) is 0.255. The summed E-state index contributed by atoms with van der Waals surface area (Å²) in [7, 11) is 0. The Balaban J connectivity index is 0. The third-order valence-corrected chi connectivity index (χ3v) is 1.06. The first-order valence-electron chi connectivity index (χ1n) is 3.88. The average molecular weight is 145 g/mol. The second-order valence-electron chi connectivity index (χ2n) is 2.20. The van der Waals surface area contributed by atoms with Gasteiger partial charge in [0.15, 0.2) is 0 Å². The molecule has 0 aromatic heterocycles. The van der Waals surface area contributed by atoms with E-state index in [2.05, 4.69) is 6.92 Å². The van der Waals surface area contributed by atoms with Crippen LogP contribution in [0.2, 0.25) is 0 Å². The molecule has 0 saturated heterocycles. The maximum Gasteiger partial charge on any atom is 0.129 e. The highest BCUT2D eigenvalue weighted by molar-refractivity contribution is 5.74. The van der Waals surface area contributed by atoms with Crippen molar-refractivity contribution in [3.63, 3.8) is 0 Å². The summed E-state index contributed by atoms with van der Waals surface area (Å²) in [6, 6.07) is 0. The highest BCUT2D eigenvalue weighted by atomic mass is 16.1. The Morgan fingerprint density at radius 2 is 1.80 bits per heavy atom. The lowest BCUT2D eigenvalue weighted by Crippen LogP contribution is -1.95. The number of carbonyl (C=O) groups is 1. The van der Waals surface area contributed by atoms with E-state index in [1.807, 2.05) is 6.92 Å². The molecular weight excluding hydrogens is 126 g/mol. The Labute approximate surface area is 63.8 Å². The van der Waals surface area contributed by atoms with Crippen LogP contribution in [0.1, 0.15) is 40.0 Å². The van der Waals surface area contributed by atoms with Crippen LogP contribution in [0.4, 0.5) is 0 Å². The molecule has 0 spiro atoms. The molecule has 0 rings (SSSR count). The first-order chi connectivity index (χ1) is 4.68. The molecule has 62 valence electrons. The number of Topliss-reactive ketones (excluding diaryl/α,β-unsaturated/α-hetero) is 1. The molecule has 0 aromatic rings. The van der Waals surface area contributed by atoms with Crippen LogP contribution in [0, 0.1) is 0 Å². The van der Waals surface area contributed by atoms with Crippen molar-refractivity contribution < 1.29 is 4.79 Å². The van der Waals surface area contributed by atoms with E-state index in [9.17, 15) is 4.79 Å². The van der Waals surface area contributed by atoms with E-state index in [0.29, 0.717) is 6.42 Å². The normalized spacial score (nSPS) is 8.00. The van der Waals surface area contributed by atoms with E-state index in [1.165, 1.54) is 12.8 Å². The van der Waals surface area contributed by atoms with Crippen molar-refractivity contribution in [3.8, 4) is 0 Å². The molecule has 0 aliphatic heterocycles. The molecule has 0 unspecified atom stereocenters. The zero-order valence-corrected chi connectivity index (χ0v) is 7.31. The van der Waals surface area contributed by atoms with Gasteiger partial charge < -0.3 is 10.5 Å². The van der Waals surface area contributed by atoms with Crippen molar-refractivity contribution >= 4 is 5.78 Å². The van der Waals surface area contributed by atoms with Gasteiger partial charge in [0.05, 0.1) is 0 Å². The minimum atomic E-state index is 0.255. The van der Waals surface area contributed by atoms with Crippen molar-refractivity contribution in [2.75, 3.05) is 6.54 Å². The van der Waals surface area contributed by atoms with Crippen LogP contribution >= 0.6 is 0 Å². The molecule has 2 heteroatoms. The molecule has 0 aromatic carbocycles. The van der Waals surface area contributed by atoms with Crippen molar-refractivity contribution in [1.82, 2.24) is 0 Å². The lowest BCUT2D eigenvalue weighted by Gasteiger charge is -1.80. The fraction of sp³-hybridized carbons (Fsp3) is 0.875. The Morgan fingerprint density at radius 3 is 1.80 bits per heavy atom. The predicted octanol–water partition coefficient (Wildman–Crippen LogP) is 1.73. The van der Waals surface area contributed by atoms with Crippen molar-refractivity contribution in [1.29, 1.82) is 0 Å². The monoisotopic (exact) mass is 145 g/mol. The predicted molar refractivity (Wildman–Crippen MR) is 44.9 cm³/mol. The molecule has 0 fully saturated rings. The molecule has 0 atom stereocenters. The summed E-state index contributed by atoms with van der Waals surface area (Å²) in [6.07, 6.45) is 3.05. The van der Waals surface area contributed by atoms with Gasteiger partial charge in [-0.15, -0.1) is 0 Å². The van der Waals surface area contributed by atoms with Gasteiger partial charge in [-0.2, -0.15) is 0 Å². The quantitative estimate of drug-likeness (QED) is 0.657. The Kier molecular flexibility index (Phi) is 14.1. The smallest absolute Gasteiger partial charge is 0.129 e. The van der Waals surface area contributed by atoms with Gasteiger partial charge in [0.25, 0.3) is 0 Å².